The molecule has 0 amide bonds. The van der Waals surface area contributed by atoms with Gasteiger partial charge in [0.1, 0.15) is 0 Å². The lowest BCUT2D eigenvalue weighted by Crippen LogP contribution is -1.83. The molecular weight excluding hydrogens is 180 g/mol. The normalized spacial score (nSPS) is 12.7. The van der Waals surface area contributed by atoms with Gasteiger partial charge in [0.15, 0.2) is 0 Å². The molecule has 0 nitrogen and oxygen atoms in total. The molecule has 0 saturated heterocycles. The summed E-state index contributed by atoms with van der Waals surface area (Å²) in [6.07, 6.45) is 4.27. The number of benzene rings is 1. The molecule has 0 heterocycles. The minimum absolute atomic E-state index is 1.10. The van der Waals surface area contributed by atoms with Crippen LogP contribution in [0.25, 0.3) is 5.57 Å². The smallest absolute Gasteiger partial charge is 0.0227 e. The number of allylic oxidation sites excluding steroid dienone is 5. The Kier molecular flexibility index (Phi) is 4.11. The molecule has 0 radical (unpaired) electrons. The van der Waals surface area contributed by atoms with Crippen molar-refractivity contribution in [3.63, 3.8) is 0 Å². The van der Waals surface area contributed by atoms with Gasteiger partial charge in [-0.3, -0.25) is 0 Å². The minimum Gasteiger partial charge on any atom is -0.0955 e. The fraction of sp³-hybridized carbons (Fsp3) is 0.200. The van der Waals surface area contributed by atoms with Crippen molar-refractivity contribution < 1.29 is 0 Å². The van der Waals surface area contributed by atoms with E-state index in [4.69, 9.17) is 0 Å². The van der Waals surface area contributed by atoms with Gasteiger partial charge in [0.05, 0.1) is 0 Å². The van der Waals surface area contributed by atoms with Crippen molar-refractivity contribution in [1.82, 2.24) is 0 Å². The topological polar surface area (TPSA) is 0 Å². The van der Waals surface area contributed by atoms with Crippen LogP contribution < -0.4 is 0 Å². The highest BCUT2D eigenvalue weighted by atomic mass is 14.0. The van der Waals surface area contributed by atoms with Crippen LogP contribution in [-0.4, -0.2) is 0 Å². The number of hydrogen-bond acceptors (Lipinski definition) is 0. The lowest BCUT2D eigenvalue weighted by atomic mass is 10.0. The first-order valence-electron chi connectivity index (χ1n) is 5.21. The Morgan fingerprint density at radius 2 is 1.73 bits per heavy atom. The molecule has 0 aromatic heterocycles. The van der Waals surface area contributed by atoms with Gasteiger partial charge < -0.3 is 0 Å². The van der Waals surface area contributed by atoms with Crippen molar-refractivity contribution in [2.24, 2.45) is 0 Å². The molecule has 0 aliphatic heterocycles. The molecule has 0 aliphatic carbocycles. The lowest BCUT2D eigenvalue weighted by molar-refractivity contribution is 1.42. The van der Waals surface area contributed by atoms with Crippen molar-refractivity contribution in [2.45, 2.75) is 20.8 Å². The van der Waals surface area contributed by atoms with E-state index < -0.39 is 0 Å². The van der Waals surface area contributed by atoms with E-state index in [1.54, 1.807) is 0 Å². The summed E-state index contributed by atoms with van der Waals surface area (Å²) in [6.45, 7) is 10.2. The summed E-state index contributed by atoms with van der Waals surface area (Å²) < 4.78 is 0. The molecule has 78 valence electrons. The second-order valence-electron chi connectivity index (χ2n) is 3.72. The predicted octanol–water partition coefficient (Wildman–Crippen LogP) is 4.61. The van der Waals surface area contributed by atoms with Gasteiger partial charge >= 0.3 is 0 Å². The zero-order valence-electron chi connectivity index (χ0n) is 9.75. The molecule has 15 heavy (non-hydrogen) atoms. The Morgan fingerprint density at radius 1 is 1.13 bits per heavy atom. The van der Waals surface area contributed by atoms with E-state index in [0.717, 1.165) is 5.57 Å². The van der Waals surface area contributed by atoms with E-state index in [-0.39, 0.29) is 0 Å². The average Bonchev–Trinajstić information content (AvgIpc) is 2.26. The molecular formula is C15H18. The standard InChI is InChI=1S/C15H18/c1-5-14(12(2)3)11-13(4)15-9-7-6-8-10-15/h5-11H,2H2,1,3-4H3/b13-11+,14-5-. The second kappa shape index (κ2) is 5.35. The van der Waals surface area contributed by atoms with Crippen molar-refractivity contribution in [2.75, 3.05) is 0 Å². The van der Waals surface area contributed by atoms with Crippen LogP contribution in [0.5, 0.6) is 0 Å². The first kappa shape index (κ1) is 11.5. The Hall–Kier alpha value is -1.56. The molecule has 0 heteroatoms. The van der Waals surface area contributed by atoms with Crippen molar-refractivity contribution >= 4 is 5.57 Å². The van der Waals surface area contributed by atoms with Crippen LogP contribution in [0.1, 0.15) is 26.3 Å². The van der Waals surface area contributed by atoms with E-state index >= 15 is 0 Å². The van der Waals surface area contributed by atoms with Crippen LogP contribution >= 0.6 is 0 Å². The van der Waals surface area contributed by atoms with Crippen LogP contribution in [-0.2, 0) is 0 Å². The number of hydrogen-bond donors (Lipinski definition) is 0. The van der Waals surface area contributed by atoms with Gasteiger partial charge in [0.2, 0.25) is 0 Å². The first-order valence-corrected chi connectivity index (χ1v) is 5.21. The van der Waals surface area contributed by atoms with Crippen LogP contribution in [0.2, 0.25) is 0 Å². The van der Waals surface area contributed by atoms with Gasteiger partial charge in [-0.05, 0) is 37.5 Å². The highest BCUT2D eigenvalue weighted by Crippen LogP contribution is 2.18. The Labute approximate surface area is 92.6 Å². The summed E-state index contributed by atoms with van der Waals surface area (Å²) in [5.41, 5.74) is 4.84. The molecule has 1 rings (SSSR count). The highest BCUT2D eigenvalue weighted by molar-refractivity contribution is 5.67. The van der Waals surface area contributed by atoms with Crippen LogP contribution in [0.15, 0.2) is 60.2 Å². The van der Waals surface area contributed by atoms with Crippen LogP contribution in [0.3, 0.4) is 0 Å². The molecule has 0 aliphatic rings. The van der Waals surface area contributed by atoms with E-state index in [2.05, 4.69) is 49.9 Å². The third-order valence-electron chi connectivity index (χ3n) is 2.40. The van der Waals surface area contributed by atoms with Crippen molar-refractivity contribution in [3.8, 4) is 0 Å². The predicted molar refractivity (Wildman–Crippen MR) is 68.7 cm³/mol. The summed E-state index contributed by atoms with van der Waals surface area (Å²) in [5, 5.41) is 0. The molecule has 0 unspecified atom stereocenters. The van der Waals surface area contributed by atoms with Crippen LogP contribution in [0, 0.1) is 0 Å². The third kappa shape index (κ3) is 3.25. The Bertz CT molecular complexity index is 391. The van der Waals surface area contributed by atoms with Crippen molar-refractivity contribution in [1.29, 1.82) is 0 Å². The van der Waals surface area contributed by atoms with Gasteiger partial charge in [-0.2, -0.15) is 0 Å². The fourth-order valence-corrected chi connectivity index (χ4v) is 1.47. The van der Waals surface area contributed by atoms with Crippen LogP contribution in [0.4, 0.5) is 0 Å². The van der Waals surface area contributed by atoms with Gasteiger partial charge in [0.25, 0.3) is 0 Å². The molecule has 0 saturated carbocycles. The average molecular weight is 198 g/mol. The van der Waals surface area contributed by atoms with Gasteiger partial charge in [0, 0.05) is 0 Å². The molecule has 0 N–H and O–H groups in total. The minimum atomic E-state index is 1.10. The fourth-order valence-electron chi connectivity index (χ4n) is 1.47. The largest absolute Gasteiger partial charge is 0.0955 e. The zero-order valence-corrected chi connectivity index (χ0v) is 9.75. The van der Waals surface area contributed by atoms with Gasteiger partial charge in [-0.1, -0.05) is 54.6 Å². The summed E-state index contributed by atoms with van der Waals surface area (Å²) in [6, 6.07) is 10.4. The van der Waals surface area contributed by atoms with Gasteiger partial charge in [-0.15, -0.1) is 0 Å². The third-order valence-corrected chi connectivity index (χ3v) is 2.40. The highest BCUT2D eigenvalue weighted by Gasteiger charge is 1.96. The maximum absolute atomic E-state index is 3.96. The second-order valence-corrected chi connectivity index (χ2v) is 3.72. The monoisotopic (exact) mass is 198 g/mol. The molecule has 1 aromatic carbocycles. The molecule has 0 atom stereocenters. The van der Waals surface area contributed by atoms with E-state index in [0.29, 0.717) is 0 Å². The summed E-state index contributed by atoms with van der Waals surface area (Å²) in [4.78, 5) is 0. The maximum Gasteiger partial charge on any atom is -0.0227 e. The summed E-state index contributed by atoms with van der Waals surface area (Å²) in [7, 11) is 0. The zero-order chi connectivity index (χ0) is 11.3. The lowest BCUT2D eigenvalue weighted by Gasteiger charge is -2.04. The SMILES string of the molecule is C=C(C)C(=C\C)/C=C(\C)c1ccccc1. The quantitative estimate of drug-likeness (QED) is 0.622. The van der Waals surface area contributed by atoms with E-state index in [1.807, 2.05) is 19.9 Å². The maximum atomic E-state index is 3.96. The molecule has 0 fully saturated rings. The van der Waals surface area contributed by atoms with E-state index in [9.17, 15) is 0 Å². The van der Waals surface area contributed by atoms with Crippen molar-refractivity contribution in [3.05, 3.63) is 65.8 Å². The Balaban J connectivity index is 2.99. The number of rotatable bonds is 3. The van der Waals surface area contributed by atoms with E-state index in [1.165, 1.54) is 16.7 Å². The Morgan fingerprint density at radius 3 is 2.20 bits per heavy atom. The molecule has 0 spiro atoms. The molecule has 0 bridgehead atoms. The molecule has 1 aromatic rings. The summed E-state index contributed by atoms with van der Waals surface area (Å²) in [5.74, 6) is 0. The first-order chi connectivity index (χ1) is 7.15. The summed E-state index contributed by atoms with van der Waals surface area (Å²) >= 11 is 0. The van der Waals surface area contributed by atoms with Gasteiger partial charge in [-0.25, -0.2) is 0 Å².